The van der Waals surface area contributed by atoms with Gasteiger partial charge in [-0.1, -0.05) is 269 Å². The van der Waals surface area contributed by atoms with E-state index in [-0.39, 0.29) is 12.5 Å². The molecule has 2 unspecified atom stereocenters. The Kier molecular flexibility index (Phi) is 47.3. The van der Waals surface area contributed by atoms with Crippen molar-refractivity contribution in [2.45, 2.75) is 296 Å². The van der Waals surface area contributed by atoms with Crippen LogP contribution in [-0.4, -0.2) is 34.9 Å². The standard InChI is InChI=1S/C52H101NO3/c1-3-5-7-9-11-13-15-17-18-19-20-21-22-23-24-25-26-27-28-29-30-31-32-33-34-36-38-40-42-44-46-48-52(56)53-50(49-54)51(55)47-45-43-41-39-37-35-16-14-12-10-8-6-4-2/h37,39,45,47,50-51,54-55H,3-36,38,40-44,46,48-49H2,1-2H3,(H,53,56)/b39-37+,47-45+. The van der Waals surface area contributed by atoms with Crippen molar-refractivity contribution in [2.24, 2.45) is 0 Å². The molecule has 0 rings (SSSR count). The monoisotopic (exact) mass is 788 g/mol. The molecule has 0 aliphatic carbocycles. The van der Waals surface area contributed by atoms with Crippen LogP contribution in [0.1, 0.15) is 284 Å². The molecule has 0 bridgehead atoms. The van der Waals surface area contributed by atoms with Crippen molar-refractivity contribution in [2.75, 3.05) is 6.61 Å². The maximum atomic E-state index is 12.4. The summed E-state index contributed by atoms with van der Waals surface area (Å²) in [4.78, 5) is 12.4. The number of rotatable bonds is 47. The van der Waals surface area contributed by atoms with E-state index in [9.17, 15) is 15.0 Å². The fourth-order valence-corrected chi connectivity index (χ4v) is 8.02. The lowest BCUT2D eigenvalue weighted by Crippen LogP contribution is -2.45. The van der Waals surface area contributed by atoms with E-state index in [0.29, 0.717) is 6.42 Å². The highest BCUT2D eigenvalue weighted by Gasteiger charge is 2.17. The zero-order valence-electron chi connectivity index (χ0n) is 38.2. The molecule has 0 radical (unpaired) electrons. The van der Waals surface area contributed by atoms with Crippen molar-refractivity contribution < 1.29 is 15.0 Å². The highest BCUT2D eigenvalue weighted by molar-refractivity contribution is 5.76. The maximum Gasteiger partial charge on any atom is 0.220 e. The smallest absolute Gasteiger partial charge is 0.220 e. The van der Waals surface area contributed by atoms with Crippen LogP contribution >= 0.6 is 0 Å². The van der Waals surface area contributed by atoms with Crippen molar-refractivity contribution >= 4 is 5.91 Å². The molecular weight excluding hydrogens is 687 g/mol. The molecule has 0 saturated heterocycles. The van der Waals surface area contributed by atoms with Crippen molar-refractivity contribution in [3.8, 4) is 0 Å². The Bertz CT molecular complexity index is 810. The van der Waals surface area contributed by atoms with E-state index in [2.05, 4.69) is 31.3 Å². The van der Waals surface area contributed by atoms with Gasteiger partial charge in [0.25, 0.3) is 0 Å². The highest BCUT2D eigenvalue weighted by atomic mass is 16.3. The van der Waals surface area contributed by atoms with E-state index < -0.39 is 12.1 Å². The molecule has 0 spiro atoms. The second-order valence-corrected chi connectivity index (χ2v) is 17.6. The Morgan fingerprint density at radius 2 is 0.696 bits per heavy atom. The molecule has 0 aromatic rings. The molecule has 0 aliphatic heterocycles. The Morgan fingerprint density at radius 1 is 0.411 bits per heavy atom. The lowest BCUT2D eigenvalue weighted by molar-refractivity contribution is -0.123. The van der Waals surface area contributed by atoms with Crippen molar-refractivity contribution in [1.82, 2.24) is 5.32 Å². The van der Waals surface area contributed by atoms with Crippen LogP contribution in [0.4, 0.5) is 0 Å². The summed E-state index contributed by atoms with van der Waals surface area (Å²) in [6, 6.07) is -0.634. The summed E-state index contributed by atoms with van der Waals surface area (Å²) in [7, 11) is 0. The third-order valence-corrected chi connectivity index (χ3v) is 11.9. The molecule has 0 heterocycles. The molecule has 2 atom stereocenters. The summed E-state index contributed by atoms with van der Waals surface area (Å²) in [6.07, 6.45) is 63.3. The number of carbonyl (C=O) groups excluding carboxylic acids is 1. The van der Waals surface area contributed by atoms with Gasteiger partial charge in [0, 0.05) is 6.42 Å². The Hall–Kier alpha value is -1.13. The first-order valence-corrected chi connectivity index (χ1v) is 25.6. The predicted octanol–water partition coefficient (Wildman–Crippen LogP) is 16.4. The molecule has 0 aromatic carbocycles. The minimum absolute atomic E-state index is 0.0693. The van der Waals surface area contributed by atoms with E-state index in [0.717, 1.165) is 32.1 Å². The van der Waals surface area contributed by atoms with Gasteiger partial charge in [0.2, 0.25) is 5.91 Å². The first-order chi connectivity index (χ1) is 27.7. The predicted molar refractivity (Wildman–Crippen MR) is 249 cm³/mol. The number of aliphatic hydroxyl groups excluding tert-OH is 2. The van der Waals surface area contributed by atoms with Gasteiger partial charge < -0.3 is 15.5 Å². The summed E-state index contributed by atoms with van der Waals surface area (Å²) in [5.74, 6) is -0.0693. The summed E-state index contributed by atoms with van der Waals surface area (Å²) in [6.45, 7) is 4.31. The molecule has 0 aromatic heterocycles. The van der Waals surface area contributed by atoms with Crippen LogP contribution < -0.4 is 5.32 Å². The summed E-state index contributed by atoms with van der Waals surface area (Å²) in [5, 5.41) is 23.0. The average Bonchev–Trinajstić information content (AvgIpc) is 3.20. The molecule has 0 aliphatic rings. The first-order valence-electron chi connectivity index (χ1n) is 25.6. The second kappa shape index (κ2) is 48.2. The van der Waals surface area contributed by atoms with Crippen molar-refractivity contribution in [1.29, 1.82) is 0 Å². The van der Waals surface area contributed by atoms with E-state index in [1.54, 1.807) is 6.08 Å². The number of unbranched alkanes of at least 4 members (excludes halogenated alkanes) is 38. The van der Waals surface area contributed by atoms with E-state index >= 15 is 0 Å². The van der Waals surface area contributed by atoms with Crippen LogP contribution in [0.3, 0.4) is 0 Å². The topological polar surface area (TPSA) is 69.6 Å². The number of aliphatic hydroxyl groups is 2. The van der Waals surface area contributed by atoms with Gasteiger partial charge >= 0.3 is 0 Å². The Balaban J connectivity index is 3.42. The minimum Gasteiger partial charge on any atom is -0.394 e. The van der Waals surface area contributed by atoms with Crippen LogP contribution in [0.25, 0.3) is 0 Å². The molecule has 332 valence electrons. The van der Waals surface area contributed by atoms with Crippen LogP contribution in [0, 0.1) is 0 Å². The molecule has 1 amide bonds. The zero-order chi connectivity index (χ0) is 40.7. The Labute approximate surface area is 351 Å². The molecule has 0 fully saturated rings. The maximum absolute atomic E-state index is 12.4. The third-order valence-electron chi connectivity index (χ3n) is 11.9. The molecule has 4 nitrogen and oxygen atoms in total. The van der Waals surface area contributed by atoms with Crippen molar-refractivity contribution in [3.63, 3.8) is 0 Å². The quantitative estimate of drug-likeness (QED) is 0.0425. The Morgan fingerprint density at radius 3 is 1.04 bits per heavy atom. The number of hydrogen-bond acceptors (Lipinski definition) is 3. The van der Waals surface area contributed by atoms with Gasteiger partial charge in [-0.05, 0) is 32.1 Å². The van der Waals surface area contributed by atoms with Gasteiger partial charge in [-0.2, -0.15) is 0 Å². The van der Waals surface area contributed by atoms with E-state index in [4.69, 9.17) is 0 Å². The SMILES string of the molecule is CCCCCCCCC/C=C/CC/C=C/C(O)C(CO)NC(=O)CCCCCCCCCCCCCCCCCCCCCCCCCCCCCCCCC. The van der Waals surface area contributed by atoms with Gasteiger partial charge in [-0.3, -0.25) is 4.79 Å². The van der Waals surface area contributed by atoms with Gasteiger partial charge in [-0.25, -0.2) is 0 Å². The summed E-state index contributed by atoms with van der Waals surface area (Å²) < 4.78 is 0. The normalized spacial score (nSPS) is 13.0. The zero-order valence-corrected chi connectivity index (χ0v) is 38.2. The summed E-state index contributed by atoms with van der Waals surface area (Å²) in [5.41, 5.74) is 0. The second-order valence-electron chi connectivity index (χ2n) is 17.6. The number of nitrogens with one attached hydrogen (secondary N) is 1. The number of carbonyl (C=O) groups is 1. The van der Waals surface area contributed by atoms with Gasteiger partial charge in [-0.15, -0.1) is 0 Å². The molecule has 56 heavy (non-hydrogen) atoms. The lowest BCUT2D eigenvalue weighted by Gasteiger charge is -2.19. The molecule has 3 N–H and O–H groups in total. The van der Waals surface area contributed by atoms with Gasteiger partial charge in [0.05, 0.1) is 18.8 Å². The highest BCUT2D eigenvalue weighted by Crippen LogP contribution is 2.17. The van der Waals surface area contributed by atoms with Crippen LogP contribution in [0.2, 0.25) is 0 Å². The van der Waals surface area contributed by atoms with Crippen LogP contribution in [0.5, 0.6) is 0 Å². The minimum atomic E-state index is -0.857. The van der Waals surface area contributed by atoms with Crippen LogP contribution in [0.15, 0.2) is 24.3 Å². The first kappa shape index (κ1) is 54.9. The number of allylic oxidation sites excluding steroid dienone is 3. The lowest BCUT2D eigenvalue weighted by atomic mass is 10.0. The van der Waals surface area contributed by atoms with E-state index in [1.807, 2.05) is 6.08 Å². The fraction of sp³-hybridized carbons (Fsp3) is 0.904. The third kappa shape index (κ3) is 44.0. The largest absolute Gasteiger partial charge is 0.394 e. The van der Waals surface area contributed by atoms with Crippen LogP contribution in [-0.2, 0) is 4.79 Å². The molecular formula is C52H101NO3. The van der Waals surface area contributed by atoms with Gasteiger partial charge in [0.1, 0.15) is 0 Å². The van der Waals surface area contributed by atoms with E-state index in [1.165, 1.54) is 231 Å². The molecule has 4 heteroatoms. The number of hydrogen-bond donors (Lipinski definition) is 3. The fourth-order valence-electron chi connectivity index (χ4n) is 8.02. The van der Waals surface area contributed by atoms with Gasteiger partial charge in [0.15, 0.2) is 0 Å². The number of amides is 1. The summed E-state index contributed by atoms with van der Waals surface area (Å²) >= 11 is 0. The average molecular weight is 788 g/mol. The van der Waals surface area contributed by atoms with Crippen molar-refractivity contribution in [3.05, 3.63) is 24.3 Å². The molecule has 0 saturated carbocycles.